The van der Waals surface area contributed by atoms with E-state index in [4.69, 9.17) is 5.73 Å². The summed E-state index contributed by atoms with van der Waals surface area (Å²) in [5.74, 6) is 0.609. The van der Waals surface area contributed by atoms with E-state index in [1.54, 1.807) is 0 Å². The second-order valence-corrected chi connectivity index (χ2v) is 5.62. The fourth-order valence-electron chi connectivity index (χ4n) is 2.39. The Hall–Kier alpha value is -0.0800. The van der Waals surface area contributed by atoms with Crippen molar-refractivity contribution in [3.05, 3.63) is 0 Å². The molecule has 0 aliphatic heterocycles. The van der Waals surface area contributed by atoms with Gasteiger partial charge in [0, 0.05) is 18.6 Å². The van der Waals surface area contributed by atoms with Crippen LogP contribution >= 0.6 is 0 Å². The number of aliphatic hydroxyl groups is 1. The maximum Gasteiger partial charge on any atom is 0.0499 e. The molecule has 2 heteroatoms. The van der Waals surface area contributed by atoms with Gasteiger partial charge in [0.1, 0.15) is 0 Å². The molecule has 2 atom stereocenters. The minimum Gasteiger partial charge on any atom is -0.396 e. The molecular formula is C11H23NO. The maximum atomic E-state index is 9.34. The Morgan fingerprint density at radius 1 is 1.54 bits per heavy atom. The highest BCUT2D eigenvalue weighted by Crippen LogP contribution is 2.47. The van der Waals surface area contributed by atoms with Crippen LogP contribution in [0.4, 0.5) is 0 Å². The molecule has 1 fully saturated rings. The number of rotatable bonds is 3. The van der Waals surface area contributed by atoms with Crippen molar-refractivity contribution in [2.45, 2.75) is 40.0 Å². The lowest BCUT2D eigenvalue weighted by Gasteiger charge is -2.33. The van der Waals surface area contributed by atoms with Crippen molar-refractivity contribution in [3.63, 3.8) is 0 Å². The normalized spacial score (nSPS) is 31.6. The molecule has 2 nitrogen and oxygen atoms in total. The van der Waals surface area contributed by atoms with Crippen molar-refractivity contribution in [1.82, 2.24) is 0 Å². The topological polar surface area (TPSA) is 46.2 Å². The van der Waals surface area contributed by atoms with E-state index in [-0.39, 0.29) is 12.0 Å². The van der Waals surface area contributed by atoms with Crippen LogP contribution in [0.15, 0.2) is 0 Å². The first-order chi connectivity index (χ1) is 5.93. The van der Waals surface area contributed by atoms with E-state index in [9.17, 15) is 5.11 Å². The maximum absolute atomic E-state index is 9.34. The minimum atomic E-state index is -0.0478. The van der Waals surface area contributed by atoms with Crippen molar-refractivity contribution in [2.24, 2.45) is 22.5 Å². The van der Waals surface area contributed by atoms with Crippen molar-refractivity contribution in [1.29, 1.82) is 0 Å². The van der Waals surface area contributed by atoms with E-state index in [0.717, 1.165) is 0 Å². The first-order valence-corrected chi connectivity index (χ1v) is 5.24. The van der Waals surface area contributed by atoms with Gasteiger partial charge in [0.2, 0.25) is 0 Å². The fraction of sp³-hybridized carbons (Fsp3) is 1.00. The van der Waals surface area contributed by atoms with E-state index in [2.05, 4.69) is 20.8 Å². The van der Waals surface area contributed by atoms with E-state index in [1.807, 2.05) is 0 Å². The second kappa shape index (κ2) is 3.58. The molecular weight excluding hydrogens is 162 g/mol. The van der Waals surface area contributed by atoms with E-state index in [1.165, 1.54) is 19.3 Å². The molecule has 1 rings (SSSR count). The Morgan fingerprint density at radius 2 is 2.15 bits per heavy atom. The number of hydrogen-bond donors (Lipinski definition) is 2. The van der Waals surface area contributed by atoms with Crippen molar-refractivity contribution < 1.29 is 5.11 Å². The number of aliphatic hydroxyl groups excluding tert-OH is 1. The van der Waals surface area contributed by atoms with Gasteiger partial charge < -0.3 is 10.8 Å². The van der Waals surface area contributed by atoms with E-state index in [0.29, 0.717) is 17.9 Å². The summed E-state index contributed by atoms with van der Waals surface area (Å²) in [6, 6.07) is 0. The predicted octanol–water partition coefficient (Wildman–Crippen LogP) is 1.77. The Balaban J connectivity index is 2.63. The van der Waals surface area contributed by atoms with Gasteiger partial charge in [0.25, 0.3) is 0 Å². The largest absolute Gasteiger partial charge is 0.396 e. The molecule has 0 radical (unpaired) electrons. The monoisotopic (exact) mass is 185 g/mol. The summed E-state index contributed by atoms with van der Waals surface area (Å²) < 4.78 is 0. The number of nitrogens with two attached hydrogens (primary N) is 1. The quantitative estimate of drug-likeness (QED) is 0.704. The summed E-state index contributed by atoms with van der Waals surface area (Å²) in [4.78, 5) is 0. The second-order valence-electron chi connectivity index (χ2n) is 5.62. The number of hydrogen-bond acceptors (Lipinski definition) is 2. The zero-order chi connectivity index (χ0) is 10.1. The van der Waals surface area contributed by atoms with Crippen LogP contribution in [0.1, 0.15) is 40.0 Å². The first kappa shape index (κ1) is 11.0. The molecule has 0 aromatic rings. The molecule has 0 spiro atoms. The van der Waals surface area contributed by atoms with Crippen LogP contribution in [0.3, 0.4) is 0 Å². The summed E-state index contributed by atoms with van der Waals surface area (Å²) in [5.41, 5.74) is 6.13. The van der Waals surface area contributed by atoms with Crippen LogP contribution in [0.25, 0.3) is 0 Å². The molecule has 1 saturated carbocycles. The summed E-state index contributed by atoms with van der Waals surface area (Å²) in [5, 5.41) is 9.34. The molecule has 3 N–H and O–H groups in total. The fourth-order valence-corrected chi connectivity index (χ4v) is 2.39. The SMILES string of the molecule is CC1(C)CCC(C(C)(CN)CO)C1. The lowest BCUT2D eigenvalue weighted by atomic mass is 9.75. The Morgan fingerprint density at radius 3 is 2.46 bits per heavy atom. The Bertz CT molecular complexity index is 173. The van der Waals surface area contributed by atoms with Crippen LogP contribution in [0, 0.1) is 16.7 Å². The van der Waals surface area contributed by atoms with E-state index < -0.39 is 0 Å². The highest BCUT2D eigenvalue weighted by Gasteiger charge is 2.40. The van der Waals surface area contributed by atoms with Crippen LogP contribution in [0.2, 0.25) is 0 Å². The minimum absolute atomic E-state index is 0.0478. The van der Waals surface area contributed by atoms with Crippen LogP contribution in [0.5, 0.6) is 0 Å². The lowest BCUT2D eigenvalue weighted by Crippen LogP contribution is -2.37. The van der Waals surface area contributed by atoms with Gasteiger partial charge in [-0.2, -0.15) is 0 Å². The van der Waals surface area contributed by atoms with Gasteiger partial charge in [-0.1, -0.05) is 20.8 Å². The van der Waals surface area contributed by atoms with Crippen molar-refractivity contribution in [3.8, 4) is 0 Å². The zero-order valence-electron chi connectivity index (χ0n) is 9.14. The van der Waals surface area contributed by atoms with E-state index >= 15 is 0 Å². The van der Waals surface area contributed by atoms with Gasteiger partial charge in [-0.15, -0.1) is 0 Å². The molecule has 2 unspecified atom stereocenters. The molecule has 0 bridgehead atoms. The molecule has 0 aromatic carbocycles. The average Bonchev–Trinajstić information content (AvgIpc) is 2.45. The summed E-state index contributed by atoms with van der Waals surface area (Å²) in [6.07, 6.45) is 3.70. The standard InChI is InChI=1S/C11H23NO/c1-10(2)5-4-9(6-10)11(3,7-12)8-13/h9,13H,4-8,12H2,1-3H3. The highest BCUT2D eigenvalue weighted by atomic mass is 16.3. The smallest absolute Gasteiger partial charge is 0.0499 e. The molecule has 0 aromatic heterocycles. The average molecular weight is 185 g/mol. The summed E-state index contributed by atoms with van der Waals surface area (Å²) >= 11 is 0. The van der Waals surface area contributed by atoms with Gasteiger partial charge in [-0.3, -0.25) is 0 Å². The highest BCUT2D eigenvalue weighted by molar-refractivity contribution is 4.92. The Labute approximate surface area is 81.5 Å². The van der Waals surface area contributed by atoms with Crippen molar-refractivity contribution >= 4 is 0 Å². The van der Waals surface area contributed by atoms with Gasteiger partial charge in [0.15, 0.2) is 0 Å². The molecule has 13 heavy (non-hydrogen) atoms. The van der Waals surface area contributed by atoms with Crippen molar-refractivity contribution in [2.75, 3.05) is 13.2 Å². The lowest BCUT2D eigenvalue weighted by molar-refractivity contribution is 0.0831. The molecule has 0 saturated heterocycles. The first-order valence-electron chi connectivity index (χ1n) is 5.24. The predicted molar refractivity (Wildman–Crippen MR) is 55.4 cm³/mol. The molecule has 78 valence electrons. The molecule has 0 amide bonds. The third kappa shape index (κ3) is 2.23. The third-order valence-electron chi connectivity index (χ3n) is 3.78. The third-order valence-corrected chi connectivity index (χ3v) is 3.78. The summed E-state index contributed by atoms with van der Waals surface area (Å²) in [7, 11) is 0. The van der Waals surface area contributed by atoms with Gasteiger partial charge in [-0.05, 0) is 30.6 Å². The molecule has 1 aliphatic carbocycles. The van der Waals surface area contributed by atoms with Crippen LogP contribution in [-0.2, 0) is 0 Å². The van der Waals surface area contributed by atoms with Gasteiger partial charge in [0.05, 0.1) is 0 Å². The summed E-state index contributed by atoms with van der Waals surface area (Å²) in [6.45, 7) is 7.55. The van der Waals surface area contributed by atoms with Crippen LogP contribution < -0.4 is 5.73 Å². The van der Waals surface area contributed by atoms with Crippen LogP contribution in [-0.4, -0.2) is 18.3 Å². The Kier molecular flexibility index (Phi) is 3.03. The molecule has 0 heterocycles. The van der Waals surface area contributed by atoms with Gasteiger partial charge >= 0.3 is 0 Å². The zero-order valence-corrected chi connectivity index (χ0v) is 9.14. The van der Waals surface area contributed by atoms with Gasteiger partial charge in [-0.25, -0.2) is 0 Å². The molecule has 1 aliphatic rings.